The fourth-order valence-corrected chi connectivity index (χ4v) is 5.39. The first-order valence-electron chi connectivity index (χ1n) is 17.5. The summed E-state index contributed by atoms with van der Waals surface area (Å²) in [5.41, 5.74) is 4.65. The van der Waals surface area contributed by atoms with Crippen LogP contribution >= 0.6 is 0 Å². The molecule has 0 aromatic heterocycles. The molecular weight excluding hydrogens is 586 g/mol. The third-order valence-corrected chi connectivity index (χ3v) is 7.59. The Morgan fingerprint density at radius 1 is 0.830 bits per heavy atom. The summed E-state index contributed by atoms with van der Waals surface area (Å²) in [5.74, 6) is 1.95. The molecule has 0 N–H and O–H groups in total. The molecule has 3 aromatic rings. The smallest absolute Gasteiger partial charge is 0.684 e. The number of aliphatic imine (C=N–C) groups is 1. The van der Waals surface area contributed by atoms with Gasteiger partial charge in [-0.15, -0.1) is 5.69 Å². The second-order valence-corrected chi connectivity index (χ2v) is 14.7. The largest absolute Gasteiger partial charge is 2.00 e. The Bertz CT molecular complexity index is 1200. The predicted molar refractivity (Wildman–Crippen MR) is 209 cm³/mol. The molecule has 252 valence electrons. The van der Waals surface area contributed by atoms with Crippen molar-refractivity contribution in [3.8, 4) is 0 Å². The molecule has 0 aliphatic carbocycles. The maximum Gasteiger partial charge on any atom is 2.00 e. The number of hydrogen-bond donors (Lipinski definition) is 0. The third-order valence-electron chi connectivity index (χ3n) is 7.59. The molecule has 0 radical (unpaired) electrons. The minimum absolute atomic E-state index is 0. The molecule has 3 aromatic carbocycles. The van der Waals surface area contributed by atoms with E-state index in [1.807, 2.05) is 30.3 Å². The SMILES string of the molecule is C1CCOC1.CCCCC(=NC(C)(C)C)N(B([N-]c1c(C(C)C)cccc1C(C)C)c1ccccc1)C(C)(C)C.[Mg+2].[c-]1ccccc1. The van der Waals surface area contributed by atoms with E-state index in [2.05, 4.69) is 136 Å². The van der Waals surface area contributed by atoms with Crippen molar-refractivity contribution in [3.05, 3.63) is 101 Å². The van der Waals surface area contributed by atoms with Crippen LogP contribution in [0, 0.1) is 6.07 Å². The number of ether oxygens (including phenoxy) is 1. The number of hydrogen-bond acceptors (Lipinski definition) is 2. The fourth-order valence-electron chi connectivity index (χ4n) is 5.39. The van der Waals surface area contributed by atoms with Gasteiger partial charge in [-0.3, -0.25) is 4.99 Å². The third kappa shape index (κ3) is 15.7. The summed E-state index contributed by atoms with van der Waals surface area (Å²) >= 11 is 0. The van der Waals surface area contributed by atoms with Gasteiger partial charge in [-0.1, -0.05) is 106 Å². The van der Waals surface area contributed by atoms with Crippen LogP contribution < -0.4 is 5.46 Å². The summed E-state index contributed by atoms with van der Waals surface area (Å²) in [4.78, 5) is 7.79. The Kier molecular flexibility index (Phi) is 19.7. The van der Waals surface area contributed by atoms with E-state index in [4.69, 9.17) is 15.0 Å². The van der Waals surface area contributed by atoms with Crippen LogP contribution in [0.5, 0.6) is 0 Å². The maximum atomic E-state index is 5.64. The topological polar surface area (TPSA) is 38.9 Å². The van der Waals surface area contributed by atoms with Gasteiger partial charge >= 0.3 is 23.1 Å². The molecule has 6 heteroatoms. The van der Waals surface area contributed by atoms with Crippen molar-refractivity contribution in [2.75, 3.05) is 13.2 Å². The minimum atomic E-state index is -0.161. The molecule has 0 bridgehead atoms. The van der Waals surface area contributed by atoms with E-state index in [1.165, 1.54) is 29.4 Å². The maximum absolute atomic E-state index is 5.64. The summed E-state index contributed by atoms with van der Waals surface area (Å²) < 4.78 is 4.94. The number of nitrogens with zero attached hydrogens (tertiary/aromatic N) is 3. The standard InChI is InChI=1S/C31H49BN3.C6H5.C4H8O.Mg/c1-12-13-22-28(33-30(6,7)8)35(31(9,10)11)32(25-18-15-14-16-19-25)34-29-26(23(2)3)20-17-21-27(29)24(4)5;1-2-4-6-5-3-1;1-2-4-5-3-1;/h14-21,23-24H,12-13,22H2,1-11H3;1-5H;1-4H2;/q2*-1;;+2. The summed E-state index contributed by atoms with van der Waals surface area (Å²) in [6.07, 6.45) is 5.76. The molecule has 47 heavy (non-hydrogen) atoms. The molecule has 0 unspecified atom stereocenters. The fraction of sp³-hybridized carbons (Fsp3) is 0.537. The van der Waals surface area contributed by atoms with Crippen molar-refractivity contribution in [1.29, 1.82) is 0 Å². The van der Waals surface area contributed by atoms with E-state index in [9.17, 15) is 0 Å². The molecule has 0 atom stereocenters. The van der Waals surface area contributed by atoms with E-state index in [0.717, 1.165) is 44.0 Å². The second kappa shape index (κ2) is 21.6. The summed E-state index contributed by atoms with van der Waals surface area (Å²) in [6.45, 7) is 26.6. The molecule has 1 saturated heterocycles. The number of rotatable bonds is 9. The van der Waals surface area contributed by atoms with Crippen LogP contribution in [0.2, 0.25) is 0 Å². The van der Waals surface area contributed by atoms with Crippen LogP contribution in [-0.4, -0.2) is 65.0 Å². The van der Waals surface area contributed by atoms with E-state index < -0.39 is 0 Å². The molecule has 4 rings (SSSR count). The van der Waals surface area contributed by atoms with Crippen LogP contribution in [0.1, 0.15) is 131 Å². The Balaban J connectivity index is 0.000000767. The number of amidine groups is 1. The summed E-state index contributed by atoms with van der Waals surface area (Å²) in [5, 5.41) is 5.64. The van der Waals surface area contributed by atoms with Crippen LogP contribution in [0.4, 0.5) is 5.69 Å². The van der Waals surface area contributed by atoms with Crippen molar-refractivity contribution in [2.24, 2.45) is 4.99 Å². The van der Waals surface area contributed by atoms with Crippen molar-refractivity contribution in [3.63, 3.8) is 0 Å². The summed E-state index contributed by atoms with van der Waals surface area (Å²) in [7, 11) is 0. The van der Waals surface area contributed by atoms with E-state index in [0.29, 0.717) is 11.8 Å². The van der Waals surface area contributed by atoms with Crippen molar-refractivity contribution >= 4 is 47.0 Å². The Hall–Kier alpha value is -2.28. The Morgan fingerprint density at radius 2 is 1.36 bits per heavy atom. The van der Waals surface area contributed by atoms with Crippen LogP contribution in [0.15, 0.2) is 83.9 Å². The number of benzene rings is 3. The van der Waals surface area contributed by atoms with E-state index in [1.54, 1.807) is 0 Å². The van der Waals surface area contributed by atoms with Gasteiger partial charge in [-0.25, -0.2) is 0 Å². The molecule has 0 spiro atoms. The van der Waals surface area contributed by atoms with E-state index >= 15 is 0 Å². The molecule has 4 nitrogen and oxygen atoms in total. The molecular formula is C41H62BMgN3O. The van der Waals surface area contributed by atoms with Gasteiger partial charge in [-0.05, 0) is 72.6 Å². The monoisotopic (exact) mass is 647 g/mol. The average molecular weight is 648 g/mol. The van der Waals surface area contributed by atoms with Crippen LogP contribution in [0.3, 0.4) is 0 Å². The van der Waals surface area contributed by atoms with Gasteiger partial charge in [0.25, 0.3) is 0 Å². The van der Waals surface area contributed by atoms with Crippen molar-refractivity contribution in [2.45, 2.75) is 131 Å². The Labute approximate surface area is 305 Å². The van der Waals surface area contributed by atoms with Crippen molar-refractivity contribution in [1.82, 2.24) is 4.81 Å². The molecule has 0 amide bonds. The zero-order chi connectivity index (χ0) is 34.2. The zero-order valence-electron chi connectivity index (χ0n) is 31.6. The molecule has 1 aliphatic rings. The first kappa shape index (κ1) is 42.7. The van der Waals surface area contributed by atoms with Gasteiger partial charge in [0.1, 0.15) is 0 Å². The van der Waals surface area contributed by atoms with Gasteiger partial charge in [-0.2, -0.15) is 36.4 Å². The molecule has 0 saturated carbocycles. The van der Waals surface area contributed by atoms with Gasteiger partial charge in [0, 0.05) is 25.2 Å². The minimum Gasteiger partial charge on any atom is -0.684 e. The molecule has 1 aliphatic heterocycles. The van der Waals surface area contributed by atoms with Crippen molar-refractivity contribution < 1.29 is 4.74 Å². The zero-order valence-corrected chi connectivity index (χ0v) is 33.1. The first-order valence-corrected chi connectivity index (χ1v) is 17.5. The first-order chi connectivity index (χ1) is 21.8. The summed E-state index contributed by atoms with van der Waals surface area (Å²) in [6, 6.07) is 30.0. The quantitative estimate of drug-likeness (QED) is 0.100. The normalized spacial score (nSPS) is 13.2. The van der Waals surface area contributed by atoms with E-state index in [-0.39, 0.29) is 41.1 Å². The van der Waals surface area contributed by atoms with Gasteiger partial charge in [0.05, 0.1) is 11.4 Å². The molecule has 1 fully saturated rings. The Morgan fingerprint density at radius 3 is 1.72 bits per heavy atom. The molecule has 1 heterocycles. The average Bonchev–Trinajstić information content (AvgIpc) is 3.60. The van der Waals surface area contributed by atoms with Gasteiger partial charge in [0.2, 0.25) is 0 Å². The predicted octanol–water partition coefficient (Wildman–Crippen LogP) is 10.7. The van der Waals surface area contributed by atoms with Gasteiger partial charge in [0.15, 0.2) is 6.98 Å². The van der Waals surface area contributed by atoms with Crippen LogP contribution in [-0.2, 0) is 4.74 Å². The van der Waals surface area contributed by atoms with Crippen LogP contribution in [0.25, 0.3) is 5.23 Å². The number of unbranched alkanes of at least 4 members (excludes halogenated alkanes) is 1. The second-order valence-electron chi connectivity index (χ2n) is 14.7. The van der Waals surface area contributed by atoms with Gasteiger partial charge < -0.3 is 14.8 Å².